The highest BCUT2D eigenvalue weighted by atomic mass is 19.4. The number of aromatic amines is 1. The summed E-state index contributed by atoms with van der Waals surface area (Å²) < 4.78 is 40.7. The van der Waals surface area contributed by atoms with Crippen LogP contribution in [0.25, 0.3) is 10.9 Å². The number of fused-ring (bicyclic) bond motifs is 1. The number of urea groups is 1. The smallest absolute Gasteiger partial charge is 0.341 e. The van der Waals surface area contributed by atoms with Gasteiger partial charge in [0.2, 0.25) is 5.91 Å². The van der Waals surface area contributed by atoms with Gasteiger partial charge in [0.1, 0.15) is 11.6 Å². The van der Waals surface area contributed by atoms with Crippen molar-refractivity contribution in [2.24, 2.45) is 5.92 Å². The highest BCUT2D eigenvalue weighted by molar-refractivity contribution is 6.17. The number of likely N-dealkylation sites (N-methyl/N-ethyl adjacent to an activating group) is 1. The van der Waals surface area contributed by atoms with Crippen molar-refractivity contribution >= 4 is 40.3 Å². The van der Waals surface area contributed by atoms with E-state index >= 15 is 0 Å². The molecule has 1 unspecified atom stereocenters. The number of H-pyrrole nitrogens is 1. The Labute approximate surface area is 253 Å². The summed E-state index contributed by atoms with van der Waals surface area (Å²) in [5.41, 5.74) is -1.03. The van der Waals surface area contributed by atoms with E-state index in [4.69, 9.17) is 0 Å². The number of benzene rings is 1. The number of hydrogen-bond acceptors (Lipinski definition) is 5. The fraction of sp³-hybridized carbons (Fsp3) is 0.452. The number of nitrogens with one attached hydrogen (secondary N) is 2. The molecule has 0 bridgehead atoms. The number of likely N-dealkylation sites (tertiary alicyclic amines) is 1. The predicted molar refractivity (Wildman–Crippen MR) is 159 cm³/mol. The fourth-order valence-electron chi connectivity index (χ4n) is 5.73. The Hall–Kier alpha value is -4.42. The Morgan fingerprint density at radius 1 is 1.20 bits per heavy atom. The number of anilines is 1. The topological polar surface area (TPSA) is 119 Å². The number of rotatable bonds is 8. The van der Waals surface area contributed by atoms with Gasteiger partial charge in [-0.15, -0.1) is 0 Å². The number of alkyl halides is 3. The molecule has 4 rings (SSSR count). The number of aromatic nitrogens is 2. The van der Waals surface area contributed by atoms with E-state index in [0.717, 1.165) is 28.0 Å². The van der Waals surface area contributed by atoms with Crippen LogP contribution in [0.15, 0.2) is 59.8 Å². The minimum atomic E-state index is -4.67. The van der Waals surface area contributed by atoms with Gasteiger partial charge in [0.05, 0.1) is 17.3 Å². The summed E-state index contributed by atoms with van der Waals surface area (Å²) in [5, 5.41) is 10.3. The molecule has 1 aromatic heterocycles. The molecule has 2 N–H and O–H groups in total. The molecular weight excluding hydrogens is 577 g/mol. The summed E-state index contributed by atoms with van der Waals surface area (Å²) in [4.78, 5) is 57.8. The van der Waals surface area contributed by atoms with E-state index < -0.39 is 47.1 Å². The van der Waals surface area contributed by atoms with Gasteiger partial charge in [0, 0.05) is 36.8 Å². The minimum absolute atomic E-state index is 0.110. The lowest BCUT2D eigenvalue weighted by atomic mass is 9.85. The number of carbonyl (C=O) groups is 4. The van der Waals surface area contributed by atoms with Crippen LogP contribution in [0.2, 0.25) is 0 Å². The van der Waals surface area contributed by atoms with Crippen molar-refractivity contribution in [2.75, 3.05) is 25.0 Å². The van der Waals surface area contributed by atoms with Gasteiger partial charge in [0.15, 0.2) is 0 Å². The van der Waals surface area contributed by atoms with E-state index in [2.05, 4.69) is 22.1 Å². The molecule has 10 nitrogen and oxygen atoms in total. The van der Waals surface area contributed by atoms with Crippen molar-refractivity contribution in [3.63, 3.8) is 0 Å². The quantitative estimate of drug-likeness (QED) is 0.250. The average molecular weight is 615 g/mol. The molecule has 1 atom stereocenters. The highest BCUT2D eigenvalue weighted by Gasteiger charge is 2.58. The average Bonchev–Trinajstić information content (AvgIpc) is 3.50. The van der Waals surface area contributed by atoms with Crippen LogP contribution in [0.4, 0.5) is 23.7 Å². The van der Waals surface area contributed by atoms with Crippen LogP contribution >= 0.6 is 0 Å². The van der Waals surface area contributed by atoms with Crippen molar-refractivity contribution in [1.82, 2.24) is 25.3 Å². The molecule has 2 fully saturated rings. The maximum atomic E-state index is 13.7. The number of amides is 5. The Kier molecular flexibility index (Phi) is 9.08. The maximum absolute atomic E-state index is 13.7. The van der Waals surface area contributed by atoms with E-state index in [1.807, 2.05) is 0 Å². The van der Waals surface area contributed by atoms with Crippen LogP contribution in [0, 0.1) is 5.92 Å². The third-order valence-electron chi connectivity index (χ3n) is 8.17. The first-order chi connectivity index (χ1) is 20.6. The Morgan fingerprint density at radius 2 is 1.86 bits per heavy atom. The summed E-state index contributed by atoms with van der Waals surface area (Å²) in [6.45, 7) is 10.3. The molecule has 2 aliphatic heterocycles. The molecule has 44 heavy (non-hydrogen) atoms. The van der Waals surface area contributed by atoms with E-state index in [1.54, 1.807) is 45.2 Å². The van der Waals surface area contributed by atoms with Crippen LogP contribution in [0.3, 0.4) is 0 Å². The number of halogens is 3. The highest BCUT2D eigenvalue weighted by Crippen LogP contribution is 2.41. The first-order valence-corrected chi connectivity index (χ1v) is 14.4. The lowest BCUT2D eigenvalue weighted by Crippen LogP contribution is -2.60. The third kappa shape index (κ3) is 6.00. The number of piperidine rings is 1. The zero-order chi connectivity index (χ0) is 32.6. The van der Waals surface area contributed by atoms with E-state index in [-0.39, 0.29) is 49.4 Å². The van der Waals surface area contributed by atoms with Crippen molar-refractivity contribution in [3.05, 3.63) is 59.8 Å². The lowest BCUT2D eigenvalue weighted by Gasteiger charge is -2.43. The van der Waals surface area contributed by atoms with Crippen LogP contribution in [-0.4, -0.2) is 81.6 Å². The van der Waals surface area contributed by atoms with Gasteiger partial charge in [-0.2, -0.15) is 18.3 Å². The first-order valence-electron chi connectivity index (χ1n) is 14.4. The Balaban J connectivity index is 1.55. The van der Waals surface area contributed by atoms with Gasteiger partial charge >= 0.3 is 12.2 Å². The molecular formula is C31H37F3N6O4. The Morgan fingerprint density at radius 3 is 2.43 bits per heavy atom. The number of hydrogen-bond donors (Lipinski definition) is 2. The van der Waals surface area contributed by atoms with Crippen molar-refractivity contribution in [1.29, 1.82) is 0 Å². The van der Waals surface area contributed by atoms with Crippen LogP contribution < -0.4 is 10.2 Å². The molecule has 3 heterocycles. The lowest BCUT2D eigenvalue weighted by molar-refractivity contribution is -0.140. The van der Waals surface area contributed by atoms with E-state index in [0.29, 0.717) is 5.69 Å². The second-order valence-electron chi connectivity index (χ2n) is 11.6. The van der Waals surface area contributed by atoms with Gasteiger partial charge in [-0.3, -0.25) is 29.3 Å². The summed E-state index contributed by atoms with van der Waals surface area (Å²) in [6, 6.07) is 3.77. The van der Waals surface area contributed by atoms with Gasteiger partial charge in [0.25, 0.3) is 11.8 Å². The van der Waals surface area contributed by atoms with Crippen LogP contribution in [-0.2, 0) is 14.4 Å². The fourth-order valence-corrected chi connectivity index (χ4v) is 5.73. The normalized spacial score (nSPS) is 18.5. The van der Waals surface area contributed by atoms with Crippen LogP contribution in [0.5, 0.6) is 0 Å². The van der Waals surface area contributed by atoms with Crippen LogP contribution in [0.1, 0.15) is 47.0 Å². The molecule has 2 aliphatic rings. The van der Waals surface area contributed by atoms with Gasteiger partial charge in [-0.05, 0) is 62.0 Å². The molecule has 2 saturated heterocycles. The van der Waals surface area contributed by atoms with Gasteiger partial charge < -0.3 is 10.2 Å². The van der Waals surface area contributed by atoms with Gasteiger partial charge in [-0.25, -0.2) is 4.79 Å². The monoisotopic (exact) mass is 614 g/mol. The van der Waals surface area contributed by atoms with E-state index in [9.17, 15) is 32.3 Å². The van der Waals surface area contributed by atoms with Crippen molar-refractivity contribution in [3.8, 4) is 0 Å². The summed E-state index contributed by atoms with van der Waals surface area (Å²) >= 11 is 0. The number of carbonyl (C=O) groups excluding carboxylic acids is 4. The molecule has 2 aromatic rings. The standard InChI is InChI=1S/C31H37F3N6O4/c1-7-8-21(31(32,33)34)16-23(18(2)3)26(41)36-25(19(4)5)27(42)39-13-11-30(12-14-39)28(43)38(6)29(44)40(30)22-9-10-24-20(15-22)17-35-37-24/h8-10,15-17,19,25H,2,7,11-14H2,1,3-6H3,(H,35,37)(H,36,41). The molecule has 1 aromatic carbocycles. The van der Waals surface area contributed by atoms with Crippen molar-refractivity contribution < 1.29 is 32.3 Å². The second kappa shape index (κ2) is 12.3. The zero-order valence-electron chi connectivity index (χ0n) is 25.4. The third-order valence-corrected chi connectivity index (χ3v) is 8.17. The predicted octanol–water partition coefficient (Wildman–Crippen LogP) is 4.86. The molecule has 0 aliphatic carbocycles. The number of allylic oxidation sites excluding steroid dienone is 3. The molecule has 236 valence electrons. The largest absolute Gasteiger partial charge is 0.416 e. The Bertz CT molecular complexity index is 1550. The second-order valence-corrected chi connectivity index (χ2v) is 11.6. The molecule has 1 spiro atoms. The molecule has 0 radical (unpaired) electrons. The molecule has 5 amide bonds. The molecule has 13 heteroatoms. The minimum Gasteiger partial charge on any atom is -0.341 e. The SMILES string of the molecule is C=C(C)C(=CC(=CCC)C(F)(F)F)C(=O)NC(C(=O)N1CCC2(CC1)C(=O)N(C)C(=O)N2c1ccc2[nH]ncc2c1)C(C)C. The summed E-state index contributed by atoms with van der Waals surface area (Å²) in [6.07, 6.45) is -0.889. The zero-order valence-corrected chi connectivity index (χ0v) is 25.4. The maximum Gasteiger partial charge on any atom is 0.416 e. The number of imide groups is 1. The van der Waals surface area contributed by atoms with Crippen molar-refractivity contribution in [2.45, 2.75) is 64.7 Å². The molecule has 0 saturated carbocycles. The first kappa shape index (κ1) is 32.5. The number of nitrogens with zero attached hydrogens (tertiary/aromatic N) is 4. The summed E-state index contributed by atoms with van der Waals surface area (Å²) in [5.74, 6) is -2.04. The van der Waals surface area contributed by atoms with Gasteiger partial charge in [-0.1, -0.05) is 33.4 Å². The van der Waals surface area contributed by atoms with E-state index in [1.165, 1.54) is 23.8 Å². The summed E-state index contributed by atoms with van der Waals surface area (Å²) in [7, 11) is 1.43.